The number of carbonyl (C=O) groups is 2. The lowest BCUT2D eigenvalue weighted by Gasteiger charge is -2.09. The number of fused-ring (bicyclic) bond motifs is 1. The normalized spacial score (nSPS) is 13.9. The molecule has 0 unspecified atom stereocenters. The number of aromatic nitrogens is 1. The highest BCUT2D eigenvalue weighted by Crippen LogP contribution is 2.38. The summed E-state index contributed by atoms with van der Waals surface area (Å²) in [5.74, 6) is -0.263. The number of benzene rings is 2. The molecule has 0 spiro atoms. The molecule has 1 aliphatic heterocycles. The number of aromatic amines is 1. The van der Waals surface area contributed by atoms with Crippen LogP contribution in [-0.2, 0) is 16.0 Å². The van der Waals surface area contributed by atoms with Gasteiger partial charge in [-0.05, 0) is 48.7 Å². The first-order valence-electron chi connectivity index (χ1n) is 9.67. The zero-order valence-electron chi connectivity index (χ0n) is 16.8. The van der Waals surface area contributed by atoms with Crippen molar-refractivity contribution in [2.75, 3.05) is 12.4 Å². The number of hydrogen-bond donors (Lipinski definition) is 3. The van der Waals surface area contributed by atoms with E-state index in [1.165, 1.54) is 0 Å². The fourth-order valence-electron chi connectivity index (χ4n) is 3.78. The van der Waals surface area contributed by atoms with Crippen LogP contribution in [0.2, 0.25) is 0 Å². The van der Waals surface area contributed by atoms with Gasteiger partial charge >= 0.3 is 5.97 Å². The second-order valence-electron chi connectivity index (χ2n) is 7.26. The molecule has 0 atom stereocenters. The van der Waals surface area contributed by atoms with Crippen LogP contribution in [-0.4, -0.2) is 29.1 Å². The smallest absolute Gasteiger partial charge is 0.303 e. The molecule has 0 saturated carbocycles. The Morgan fingerprint density at radius 1 is 1.13 bits per heavy atom. The Hall–Kier alpha value is -3.80. The Kier molecular flexibility index (Phi) is 5.14. The summed E-state index contributed by atoms with van der Waals surface area (Å²) in [6.07, 6.45) is 2.24. The van der Waals surface area contributed by atoms with Crippen molar-refractivity contribution in [3.05, 3.63) is 71.0 Å². The fourth-order valence-corrected chi connectivity index (χ4v) is 3.78. The molecule has 0 saturated heterocycles. The Morgan fingerprint density at radius 3 is 2.70 bits per heavy atom. The Bertz CT molecular complexity index is 1170. The molecular weight excluding hydrogens is 380 g/mol. The summed E-state index contributed by atoms with van der Waals surface area (Å²) in [5, 5.41) is 11.9. The van der Waals surface area contributed by atoms with Crippen LogP contribution in [0.25, 0.3) is 22.8 Å². The van der Waals surface area contributed by atoms with Gasteiger partial charge in [-0.15, -0.1) is 0 Å². The molecule has 0 radical (unpaired) electrons. The molecule has 3 aromatic rings. The van der Waals surface area contributed by atoms with Gasteiger partial charge in [0.15, 0.2) is 0 Å². The van der Waals surface area contributed by atoms with E-state index >= 15 is 0 Å². The lowest BCUT2D eigenvalue weighted by atomic mass is 9.99. The fraction of sp³-hybridized carbons (Fsp3) is 0.167. The van der Waals surface area contributed by atoms with Gasteiger partial charge in [-0.2, -0.15) is 0 Å². The molecule has 152 valence electrons. The van der Waals surface area contributed by atoms with Gasteiger partial charge in [-0.25, -0.2) is 0 Å². The largest absolute Gasteiger partial charge is 0.496 e. The van der Waals surface area contributed by atoms with E-state index in [2.05, 4.69) is 10.3 Å². The van der Waals surface area contributed by atoms with Crippen LogP contribution in [0, 0.1) is 6.92 Å². The van der Waals surface area contributed by atoms with Crippen LogP contribution in [0.3, 0.4) is 0 Å². The van der Waals surface area contributed by atoms with Gasteiger partial charge in [0.1, 0.15) is 5.75 Å². The van der Waals surface area contributed by atoms with Crippen molar-refractivity contribution in [2.24, 2.45) is 0 Å². The van der Waals surface area contributed by atoms with Gasteiger partial charge in [-0.1, -0.05) is 30.3 Å². The van der Waals surface area contributed by atoms with Crippen molar-refractivity contribution in [1.82, 2.24) is 4.98 Å². The predicted octanol–water partition coefficient (Wildman–Crippen LogP) is 4.51. The van der Waals surface area contributed by atoms with Crippen LogP contribution in [0.5, 0.6) is 5.75 Å². The number of methoxy groups -OCH3 is 1. The Labute approximate surface area is 174 Å². The van der Waals surface area contributed by atoms with Gasteiger partial charge in [0.25, 0.3) is 5.91 Å². The Morgan fingerprint density at radius 2 is 1.93 bits per heavy atom. The van der Waals surface area contributed by atoms with Crippen molar-refractivity contribution in [3.8, 4) is 16.9 Å². The number of carboxylic acid groups (broad SMARTS) is 1. The first-order valence-corrected chi connectivity index (χ1v) is 9.67. The number of ether oxygens (including phenoxy) is 1. The molecule has 0 aliphatic carbocycles. The average Bonchev–Trinajstić information content (AvgIpc) is 3.24. The number of aliphatic carboxylic acids is 1. The first kappa shape index (κ1) is 19.5. The number of para-hydroxylation sites is 1. The zero-order valence-corrected chi connectivity index (χ0v) is 16.8. The highest BCUT2D eigenvalue weighted by molar-refractivity contribution is 6.35. The summed E-state index contributed by atoms with van der Waals surface area (Å²) in [5.41, 5.74) is 6.58. The second kappa shape index (κ2) is 7.91. The molecule has 4 rings (SSSR count). The summed E-state index contributed by atoms with van der Waals surface area (Å²) in [4.78, 5) is 26.9. The number of amides is 1. The predicted molar refractivity (Wildman–Crippen MR) is 116 cm³/mol. The molecule has 2 heterocycles. The lowest BCUT2D eigenvalue weighted by molar-refractivity contribution is -0.137. The minimum Gasteiger partial charge on any atom is -0.496 e. The molecule has 0 fully saturated rings. The minimum atomic E-state index is -0.847. The number of H-pyrrole nitrogens is 1. The van der Waals surface area contributed by atoms with E-state index in [1.807, 2.05) is 55.5 Å². The van der Waals surface area contributed by atoms with Crippen LogP contribution in [0.4, 0.5) is 5.69 Å². The third-order valence-corrected chi connectivity index (χ3v) is 5.19. The first-order chi connectivity index (χ1) is 14.5. The van der Waals surface area contributed by atoms with Gasteiger partial charge in [-0.3, -0.25) is 9.59 Å². The zero-order chi connectivity index (χ0) is 21.3. The Balaban J connectivity index is 1.71. The van der Waals surface area contributed by atoms with E-state index < -0.39 is 5.97 Å². The standard InChI is InChI=1S/C24H22N2O4/c1-14-11-16(8-10-23(27)28)20(25-14)13-19-18-9-7-15(12-21(18)26-24(19)29)17-5-3-4-6-22(17)30-2/h3-7,9,11-13,25H,8,10H2,1-2H3,(H,26,29)(H,27,28). The number of hydrogen-bond acceptors (Lipinski definition) is 3. The average molecular weight is 402 g/mol. The molecule has 0 bridgehead atoms. The topological polar surface area (TPSA) is 91.4 Å². The summed E-state index contributed by atoms with van der Waals surface area (Å²) >= 11 is 0. The van der Waals surface area contributed by atoms with Gasteiger partial charge in [0.2, 0.25) is 0 Å². The number of nitrogens with one attached hydrogen (secondary N) is 2. The van der Waals surface area contributed by atoms with E-state index in [0.717, 1.165) is 45.1 Å². The quantitative estimate of drug-likeness (QED) is 0.529. The van der Waals surface area contributed by atoms with Crippen molar-refractivity contribution in [1.29, 1.82) is 0 Å². The van der Waals surface area contributed by atoms with Crippen LogP contribution in [0.15, 0.2) is 48.5 Å². The molecular formula is C24H22N2O4. The third-order valence-electron chi connectivity index (χ3n) is 5.19. The third kappa shape index (κ3) is 3.72. The van der Waals surface area contributed by atoms with Crippen LogP contribution in [0.1, 0.15) is 28.9 Å². The van der Waals surface area contributed by atoms with E-state index in [4.69, 9.17) is 9.84 Å². The molecule has 1 amide bonds. The number of anilines is 1. The van der Waals surface area contributed by atoms with Crippen molar-refractivity contribution >= 4 is 29.2 Å². The molecule has 3 N–H and O–H groups in total. The van der Waals surface area contributed by atoms with Crippen LogP contribution < -0.4 is 10.1 Å². The molecule has 1 aromatic heterocycles. The highest BCUT2D eigenvalue weighted by Gasteiger charge is 2.25. The molecule has 1 aliphatic rings. The highest BCUT2D eigenvalue weighted by atomic mass is 16.5. The second-order valence-corrected chi connectivity index (χ2v) is 7.26. The summed E-state index contributed by atoms with van der Waals surface area (Å²) in [6, 6.07) is 15.5. The molecule has 30 heavy (non-hydrogen) atoms. The number of aryl methyl sites for hydroxylation is 2. The minimum absolute atomic E-state index is 0.0402. The van der Waals surface area contributed by atoms with Crippen LogP contribution >= 0.6 is 0 Å². The summed E-state index contributed by atoms with van der Waals surface area (Å²) < 4.78 is 5.45. The molecule has 6 nitrogen and oxygen atoms in total. The maximum absolute atomic E-state index is 12.7. The lowest BCUT2D eigenvalue weighted by Crippen LogP contribution is -2.04. The summed E-state index contributed by atoms with van der Waals surface area (Å²) in [7, 11) is 1.63. The van der Waals surface area contributed by atoms with Gasteiger partial charge in [0.05, 0.1) is 12.7 Å². The SMILES string of the molecule is COc1ccccc1-c1ccc2c(c1)NC(=O)C2=Cc1[nH]c(C)cc1CCC(=O)O. The van der Waals surface area contributed by atoms with E-state index in [9.17, 15) is 9.59 Å². The maximum Gasteiger partial charge on any atom is 0.303 e. The number of rotatable bonds is 6. The van der Waals surface area contributed by atoms with E-state index in [-0.39, 0.29) is 12.3 Å². The van der Waals surface area contributed by atoms with Crippen molar-refractivity contribution in [3.63, 3.8) is 0 Å². The molecule has 2 aromatic carbocycles. The van der Waals surface area contributed by atoms with Gasteiger partial charge in [0, 0.05) is 34.6 Å². The van der Waals surface area contributed by atoms with Crippen molar-refractivity contribution in [2.45, 2.75) is 19.8 Å². The monoisotopic (exact) mass is 402 g/mol. The number of carbonyl (C=O) groups excluding carboxylic acids is 1. The molecule has 6 heteroatoms. The van der Waals surface area contributed by atoms with Gasteiger partial charge < -0.3 is 20.1 Å². The van der Waals surface area contributed by atoms with Crippen molar-refractivity contribution < 1.29 is 19.4 Å². The van der Waals surface area contributed by atoms with E-state index in [1.54, 1.807) is 13.2 Å². The summed E-state index contributed by atoms with van der Waals surface area (Å²) in [6.45, 7) is 1.91. The number of carboxylic acids is 1. The maximum atomic E-state index is 12.7. The van der Waals surface area contributed by atoms with E-state index in [0.29, 0.717) is 12.0 Å².